The van der Waals surface area contributed by atoms with Crippen LogP contribution in [0.15, 0.2) is 42.6 Å². The van der Waals surface area contributed by atoms with Crippen molar-refractivity contribution in [1.82, 2.24) is 19.8 Å². The van der Waals surface area contributed by atoms with Crippen molar-refractivity contribution in [3.8, 4) is 0 Å². The molecule has 1 aliphatic heterocycles. The first-order valence-electron chi connectivity index (χ1n) is 9.00. The van der Waals surface area contributed by atoms with Crippen LogP contribution in [0, 0.1) is 5.82 Å². The highest BCUT2D eigenvalue weighted by Crippen LogP contribution is 2.15. The first kappa shape index (κ1) is 19.0. The SMILES string of the molecule is CC(=O)c1cnc2n1CCN(C(=O)/C=C/CNCCc1ccc(F)cc1)C2. The van der Waals surface area contributed by atoms with E-state index in [0.717, 1.165) is 24.4 Å². The van der Waals surface area contributed by atoms with Gasteiger partial charge in [-0.1, -0.05) is 18.2 Å². The van der Waals surface area contributed by atoms with Gasteiger partial charge in [0.05, 0.1) is 12.7 Å². The van der Waals surface area contributed by atoms with Crippen molar-refractivity contribution >= 4 is 11.7 Å². The summed E-state index contributed by atoms with van der Waals surface area (Å²) >= 11 is 0. The topological polar surface area (TPSA) is 67.2 Å². The predicted octanol–water partition coefficient (Wildman–Crippen LogP) is 1.96. The molecule has 142 valence electrons. The van der Waals surface area contributed by atoms with Crippen LogP contribution < -0.4 is 5.32 Å². The number of fused-ring (bicyclic) bond motifs is 1. The number of rotatable bonds is 7. The smallest absolute Gasteiger partial charge is 0.246 e. The van der Waals surface area contributed by atoms with E-state index in [0.29, 0.717) is 31.9 Å². The number of nitrogens with zero attached hydrogens (tertiary/aromatic N) is 3. The van der Waals surface area contributed by atoms with Crippen molar-refractivity contribution in [3.63, 3.8) is 0 Å². The first-order chi connectivity index (χ1) is 13.0. The molecule has 0 saturated carbocycles. The summed E-state index contributed by atoms with van der Waals surface area (Å²) in [6.07, 6.45) is 5.74. The van der Waals surface area contributed by atoms with Gasteiger partial charge in [-0.2, -0.15) is 0 Å². The number of imidazole rings is 1. The number of benzene rings is 1. The summed E-state index contributed by atoms with van der Waals surface area (Å²) in [5.74, 6) is 0.436. The monoisotopic (exact) mass is 370 g/mol. The third-order valence-corrected chi connectivity index (χ3v) is 4.56. The number of carbonyl (C=O) groups is 2. The molecule has 2 heterocycles. The summed E-state index contributed by atoms with van der Waals surface area (Å²) < 4.78 is 14.7. The Morgan fingerprint density at radius 1 is 1.26 bits per heavy atom. The number of Topliss-reactive ketones (excluding diaryl/α,β-unsaturated/α-hetero) is 1. The molecule has 2 aromatic rings. The van der Waals surface area contributed by atoms with E-state index in [-0.39, 0.29) is 17.5 Å². The second-order valence-corrected chi connectivity index (χ2v) is 6.51. The van der Waals surface area contributed by atoms with Gasteiger partial charge in [0.15, 0.2) is 5.78 Å². The molecule has 0 radical (unpaired) electrons. The normalized spacial score (nSPS) is 13.8. The van der Waals surface area contributed by atoms with Crippen LogP contribution in [0.1, 0.15) is 28.8 Å². The lowest BCUT2D eigenvalue weighted by Gasteiger charge is -2.27. The molecule has 0 atom stereocenters. The Morgan fingerprint density at radius 2 is 2.04 bits per heavy atom. The molecule has 1 aromatic carbocycles. The Morgan fingerprint density at radius 3 is 2.78 bits per heavy atom. The van der Waals surface area contributed by atoms with Gasteiger partial charge >= 0.3 is 0 Å². The van der Waals surface area contributed by atoms with Gasteiger partial charge in [0.2, 0.25) is 5.91 Å². The lowest BCUT2D eigenvalue weighted by atomic mass is 10.1. The highest BCUT2D eigenvalue weighted by Gasteiger charge is 2.23. The van der Waals surface area contributed by atoms with E-state index in [1.807, 2.05) is 4.57 Å². The zero-order chi connectivity index (χ0) is 19.2. The van der Waals surface area contributed by atoms with Gasteiger partial charge in [0, 0.05) is 32.6 Å². The second-order valence-electron chi connectivity index (χ2n) is 6.51. The molecule has 3 rings (SSSR count). The Balaban J connectivity index is 1.41. The van der Waals surface area contributed by atoms with Crippen molar-refractivity contribution in [2.75, 3.05) is 19.6 Å². The predicted molar refractivity (Wildman–Crippen MR) is 99.8 cm³/mol. The Bertz CT molecular complexity index is 842. The highest BCUT2D eigenvalue weighted by atomic mass is 19.1. The van der Waals surface area contributed by atoms with Gasteiger partial charge < -0.3 is 14.8 Å². The number of aromatic nitrogens is 2. The van der Waals surface area contributed by atoms with Crippen LogP contribution in [0.2, 0.25) is 0 Å². The van der Waals surface area contributed by atoms with E-state index < -0.39 is 0 Å². The number of ketones is 1. The zero-order valence-electron chi connectivity index (χ0n) is 15.3. The molecule has 6 nitrogen and oxygen atoms in total. The third-order valence-electron chi connectivity index (χ3n) is 4.56. The van der Waals surface area contributed by atoms with Crippen LogP contribution in [-0.4, -0.2) is 45.8 Å². The quantitative estimate of drug-likeness (QED) is 0.460. The molecule has 0 spiro atoms. The summed E-state index contributed by atoms with van der Waals surface area (Å²) in [5.41, 5.74) is 1.66. The van der Waals surface area contributed by atoms with Gasteiger partial charge in [-0.25, -0.2) is 9.37 Å². The van der Waals surface area contributed by atoms with Gasteiger partial charge in [-0.15, -0.1) is 0 Å². The van der Waals surface area contributed by atoms with Crippen LogP contribution >= 0.6 is 0 Å². The Hall–Kier alpha value is -2.80. The highest BCUT2D eigenvalue weighted by molar-refractivity contribution is 5.92. The lowest BCUT2D eigenvalue weighted by Crippen LogP contribution is -2.38. The summed E-state index contributed by atoms with van der Waals surface area (Å²) in [5, 5.41) is 3.23. The summed E-state index contributed by atoms with van der Waals surface area (Å²) in [4.78, 5) is 29.8. The van der Waals surface area contributed by atoms with Crippen molar-refractivity contribution < 1.29 is 14.0 Å². The van der Waals surface area contributed by atoms with E-state index in [4.69, 9.17) is 0 Å². The summed E-state index contributed by atoms with van der Waals surface area (Å²) in [7, 11) is 0. The Labute approximate surface area is 157 Å². The van der Waals surface area contributed by atoms with Crippen LogP contribution in [0.3, 0.4) is 0 Å². The van der Waals surface area contributed by atoms with E-state index in [1.165, 1.54) is 19.1 Å². The molecule has 0 aliphatic carbocycles. The van der Waals surface area contributed by atoms with Crippen LogP contribution in [-0.2, 0) is 24.3 Å². The number of nitrogens with one attached hydrogen (secondary N) is 1. The number of hydrogen-bond acceptors (Lipinski definition) is 4. The average Bonchev–Trinajstić information content (AvgIpc) is 3.09. The van der Waals surface area contributed by atoms with Crippen LogP contribution in [0.4, 0.5) is 4.39 Å². The summed E-state index contributed by atoms with van der Waals surface area (Å²) in [6, 6.07) is 6.46. The number of amides is 1. The van der Waals surface area contributed by atoms with E-state index in [1.54, 1.807) is 35.4 Å². The van der Waals surface area contributed by atoms with Crippen molar-refractivity contribution in [1.29, 1.82) is 0 Å². The van der Waals surface area contributed by atoms with Gasteiger partial charge in [0.25, 0.3) is 0 Å². The van der Waals surface area contributed by atoms with E-state index >= 15 is 0 Å². The average molecular weight is 370 g/mol. The largest absolute Gasteiger partial charge is 0.330 e. The molecule has 0 unspecified atom stereocenters. The van der Waals surface area contributed by atoms with Crippen LogP contribution in [0.5, 0.6) is 0 Å². The number of hydrogen-bond donors (Lipinski definition) is 1. The fraction of sp³-hybridized carbons (Fsp3) is 0.350. The van der Waals surface area contributed by atoms with Gasteiger partial charge in [0.1, 0.15) is 17.3 Å². The molecule has 0 saturated heterocycles. The minimum Gasteiger partial charge on any atom is -0.330 e. The van der Waals surface area contributed by atoms with Gasteiger partial charge in [-0.05, 0) is 30.7 Å². The molecule has 0 bridgehead atoms. The molecule has 1 amide bonds. The number of carbonyl (C=O) groups excluding carboxylic acids is 2. The minimum absolute atomic E-state index is 0.0138. The van der Waals surface area contributed by atoms with Gasteiger partial charge in [-0.3, -0.25) is 9.59 Å². The van der Waals surface area contributed by atoms with Crippen molar-refractivity contribution in [2.24, 2.45) is 0 Å². The maximum absolute atomic E-state index is 12.8. The second kappa shape index (κ2) is 8.73. The van der Waals surface area contributed by atoms with Crippen molar-refractivity contribution in [2.45, 2.75) is 26.4 Å². The van der Waals surface area contributed by atoms with Crippen molar-refractivity contribution in [3.05, 3.63) is 65.5 Å². The molecule has 1 N–H and O–H groups in total. The maximum Gasteiger partial charge on any atom is 0.246 e. The lowest BCUT2D eigenvalue weighted by molar-refractivity contribution is -0.127. The minimum atomic E-state index is -0.231. The fourth-order valence-electron chi connectivity index (χ4n) is 3.06. The van der Waals surface area contributed by atoms with E-state index in [2.05, 4.69) is 10.3 Å². The third kappa shape index (κ3) is 4.89. The standard InChI is InChI=1S/C20H23FN4O2/c1-15(26)18-13-23-19-14-24(11-12-25(18)19)20(27)3-2-9-22-10-8-16-4-6-17(21)7-5-16/h2-7,13,22H,8-12,14H2,1H3/b3-2+. The molecule has 0 fully saturated rings. The molecular formula is C20H23FN4O2. The molecule has 1 aromatic heterocycles. The Kier molecular flexibility index (Phi) is 6.13. The van der Waals surface area contributed by atoms with E-state index in [9.17, 15) is 14.0 Å². The van der Waals surface area contributed by atoms with Crippen LogP contribution in [0.25, 0.3) is 0 Å². The summed E-state index contributed by atoms with van der Waals surface area (Å²) in [6.45, 7) is 4.41. The molecule has 27 heavy (non-hydrogen) atoms. The molecule has 1 aliphatic rings. The first-order valence-corrected chi connectivity index (χ1v) is 9.00. The zero-order valence-corrected chi connectivity index (χ0v) is 15.3. The number of halogens is 1. The fourth-order valence-corrected chi connectivity index (χ4v) is 3.06. The maximum atomic E-state index is 12.8. The molecule has 7 heteroatoms. The molecular weight excluding hydrogens is 347 g/mol.